The average molecular weight is 617 g/mol. The number of aromatic nitrogens is 1. The van der Waals surface area contributed by atoms with Crippen LogP contribution in [0.2, 0.25) is 0 Å². The number of carboxylic acid groups (broad SMARTS) is 1. The van der Waals surface area contributed by atoms with Crippen molar-refractivity contribution in [3.8, 4) is 0 Å². The number of amidine groups is 1. The number of carbonyl (C=O) groups excluding carboxylic acids is 1. The second-order valence-corrected chi connectivity index (χ2v) is 14.1. The smallest absolute Gasteiger partial charge is 0.335 e. The van der Waals surface area contributed by atoms with E-state index in [2.05, 4.69) is 40.7 Å². The molecular formula is C35H44N4O4S. The van der Waals surface area contributed by atoms with Crippen molar-refractivity contribution in [2.75, 3.05) is 38.8 Å². The van der Waals surface area contributed by atoms with Gasteiger partial charge in [-0.25, -0.2) is 4.79 Å². The van der Waals surface area contributed by atoms with Gasteiger partial charge in [-0.3, -0.25) is 9.79 Å². The number of carbonyl (C=O) groups is 2. The van der Waals surface area contributed by atoms with Crippen LogP contribution in [0.5, 0.6) is 0 Å². The highest BCUT2D eigenvalue weighted by Gasteiger charge is 2.38. The highest BCUT2D eigenvalue weighted by atomic mass is 32.2. The van der Waals surface area contributed by atoms with Crippen molar-refractivity contribution in [3.05, 3.63) is 65.4 Å². The van der Waals surface area contributed by atoms with E-state index in [9.17, 15) is 14.7 Å². The fourth-order valence-corrected chi connectivity index (χ4v) is 8.24. The zero-order chi connectivity index (χ0) is 30.8. The molecule has 1 aromatic heterocycles. The first-order chi connectivity index (χ1) is 21.3. The molecule has 0 radical (unpaired) electrons. The number of likely N-dealkylation sites (N-methyl/N-ethyl adjacent to an activating group) is 1. The van der Waals surface area contributed by atoms with E-state index in [-0.39, 0.29) is 29.3 Å². The van der Waals surface area contributed by atoms with Gasteiger partial charge in [0.15, 0.2) is 5.17 Å². The third-order valence-corrected chi connectivity index (χ3v) is 10.7. The Morgan fingerprint density at radius 1 is 1.02 bits per heavy atom. The minimum atomic E-state index is -0.962. The number of amides is 1. The van der Waals surface area contributed by atoms with Gasteiger partial charge in [0.05, 0.1) is 5.56 Å². The number of anilines is 1. The van der Waals surface area contributed by atoms with Crippen molar-refractivity contribution < 1.29 is 19.4 Å². The Hall–Kier alpha value is -3.30. The molecule has 3 aliphatic rings. The van der Waals surface area contributed by atoms with Crippen molar-refractivity contribution in [1.29, 1.82) is 0 Å². The van der Waals surface area contributed by atoms with E-state index >= 15 is 0 Å². The summed E-state index contributed by atoms with van der Waals surface area (Å²) in [6, 6.07) is 15.8. The molecule has 2 atom stereocenters. The third kappa shape index (κ3) is 6.26. The van der Waals surface area contributed by atoms with E-state index in [1.165, 1.54) is 24.8 Å². The van der Waals surface area contributed by atoms with Gasteiger partial charge >= 0.3 is 5.97 Å². The van der Waals surface area contributed by atoms with Crippen LogP contribution in [0, 0.1) is 5.92 Å². The fourth-order valence-electron chi connectivity index (χ4n) is 7.11. The number of nitrogens with zero attached hydrogens (tertiary/aromatic N) is 4. The summed E-state index contributed by atoms with van der Waals surface area (Å²) >= 11 is 1.81. The van der Waals surface area contributed by atoms with Crippen molar-refractivity contribution in [1.82, 2.24) is 9.47 Å². The minimum absolute atomic E-state index is 0.0213. The Morgan fingerprint density at radius 3 is 2.43 bits per heavy atom. The molecule has 6 rings (SSSR count). The zero-order valence-corrected chi connectivity index (χ0v) is 26.9. The number of carboxylic acids is 1. The first kappa shape index (κ1) is 30.7. The molecule has 1 amide bonds. The molecule has 3 heterocycles. The summed E-state index contributed by atoms with van der Waals surface area (Å²) in [5, 5.41) is 12.1. The lowest BCUT2D eigenvalue weighted by atomic mass is 9.81. The lowest BCUT2D eigenvalue weighted by Crippen LogP contribution is -2.35. The summed E-state index contributed by atoms with van der Waals surface area (Å²) in [6.07, 6.45) is 7.87. The largest absolute Gasteiger partial charge is 0.478 e. The molecule has 0 spiro atoms. The first-order valence-electron chi connectivity index (χ1n) is 16.1. The van der Waals surface area contributed by atoms with Gasteiger partial charge in [-0.15, -0.1) is 0 Å². The normalized spacial score (nSPS) is 21.4. The predicted molar refractivity (Wildman–Crippen MR) is 178 cm³/mol. The number of benzene rings is 2. The highest BCUT2D eigenvalue weighted by Crippen LogP contribution is 2.48. The Kier molecular flexibility index (Phi) is 9.33. The topological polar surface area (TPSA) is 87.4 Å². The molecular weight excluding hydrogens is 572 g/mol. The summed E-state index contributed by atoms with van der Waals surface area (Å²) in [6.45, 7) is 4.88. The summed E-state index contributed by atoms with van der Waals surface area (Å²) in [5.41, 5.74) is 4.54. The monoisotopic (exact) mass is 616 g/mol. The minimum Gasteiger partial charge on any atom is -0.478 e. The van der Waals surface area contributed by atoms with Gasteiger partial charge in [0.1, 0.15) is 12.6 Å². The van der Waals surface area contributed by atoms with Crippen molar-refractivity contribution in [2.24, 2.45) is 10.9 Å². The SMILES string of the molecule is CC1SC(N(CC2CCOCC2)c2ccccc2)=NC1c1c(C2CCCCC2)c2ccc(C(=O)O)cc2n1CC(=O)N(C)C. The van der Waals surface area contributed by atoms with E-state index < -0.39 is 5.97 Å². The summed E-state index contributed by atoms with van der Waals surface area (Å²) in [4.78, 5) is 34.9. The quantitative estimate of drug-likeness (QED) is 0.295. The van der Waals surface area contributed by atoms with Crippen molar-refractivity contribution in [3.63, 3.8) is 0 Å². The van der Waals surface area contributed by atoms with Crippen LogP contribution >= 0.6 is 11.8 Å². The standard InChI is InChI=1S/C35H44N4O4S/c1-23-32(36-35(44-23)38(27-12-8-5-9-13-27)21-24-16-18-43-19-17-24)33-31(25-10-6-4-7-11-25)28-15-14-26(34(41)42)20-29(28)39(33)22-30(40)37(2)3/h5,8-9,12-15,20,23-25,32H,4,6-7,10-11,16-19,21-22H2,1-3H3,(H,41,42). The third-order valence-electron chi connectivity index (χ3n) is 9.54. The van der Waals surface area contributed by atoms with Crippen LogP contribution in [0.4, 0.5) is 5.69 Å². The maximum atomic E-state index is 13.3. The first-order valence-corrected chi connectivity index (χ1v) is 16.9. The van der Waals surface area contributed by atoms with E-state index in [1.807, 2.05) is 23.9 Å². The van der Waals surface area contributed by atoms with Crippen molar-refractivity contribution >= 4 is 45.4 Å². The van der Waals surface area contributed by atoms with Gasteiger partial charge in [-0.1, -0.05) is 62.2 Å². The molecule has 2 unspecified atom stereocenters. The summed E-state index contributed by atoms with van der Waals surface area (Å²) in [5.74, 6) is -0.0994. The predicted octanol–water partition coefficient (Wildman–Crippen LogP) is 6.94. The number of fused-ring (bicyclic) bond motifs is 1. The van der Waals surface area contributed by atoms with E-state index in [1.54, 1.807) is 31.1 Å². The Balaban J connectivity index is 1.51. The van der Waals surface area contributed by atoms with Crippen LogP contribution in [0.3, 0.4) is 0 Å². The second kappa shape index (κ2) is 13.4. The molecule has 0 bridgehead atoms. The number of aromatic carboxylic acids is 1. The lowest BCUT2D eigenvalue weighted by molar-refractivity contribution is -0.129. The number of hydrogen-bond acceptors (Lipinski definition) is 6. The van der Waals surface area contributed by atoms with Gasteiger partial charge in [0.25, 0.3) is 0 Å². The summed E-state index contributed by atoms with van der Waals surface area (Å²) in [7, 11) is 3.55. The molecule has 1 saturated heterocycles. The van der Waals surface area contributed by atoms with Crippen LogP contribution in [-0.2, 0) is 16.1 Å². The molecule has 234 valence electrons. The molecule has 2 fully saturated rings. The number of thioether (sulfide) groups is 1. The number of aliphatic imine (C=N–C) groups is 1. The van der Waals surface area contributed by atoms with Crippen LogP contribution in [0.1, 0.15) is 85.4 Å². The molecule has 2 aliphatic heterocycles. The number of rotatable bonds is 8. The number of hydrogen-bond donors (Lipinski definition) is 1. The van der Waals surface area contributed by atoms with E-state index in [0.717, 1.165) is 72.9 Å². The van der Waals surface area contributed by atoms with Crippen molar-refractivity contribution in [2.45, 2.75) is 75.6 Å². The Bertz CT molecular complexity index is 1520. The van der Waals surface area contributed by atoms with Crippen LogP contribution in [0.15, 0.2) is 53.5 Å². The van der Waals surface area contributed by atoms with Gasteiger partial charge in [-0.05, 0) is 67.3 Å². The van der Waals surface area contributed by atoms with E-state index in [4.69, 9.17) is 9.73 Å². The maximum absolute atomic E-state index is 13.3. The lowest BCUT2D eigenvalue weighted by Gasteiger charge is -2.31. The Morgan fingerprint density at radius 2 is 1.75 bits per heavy atom. The molecule has 2 aromatic carbocycles. The highest BCUT2D eigenvalue weighted by molar-refractivity contribution is 8.15. The molecule has 1 saturated carbocycles. The van der Waals surface area contributed by atoms with Crippen LogP contribution < -0.4 is 4.90 Å². The van der Waals surface area contributed by atoms with Gasteiger partial charge in [-0.2, -0.15) is 0 Å². The maximum Gasteiger partial charge on any atom is 0.335 e. The molecule has 9 heteroatoms. The molecule has 1 N–H and O–H groups in total. The average Bonchev–Trinajstić information content (AvgIpc) is 3.57. The van der Waals surface area contributed by atoms with E-state index in [0.29, 0.717) is 11.8 Å². The second-order valence-electron chi connectivity index (χ2n) is 12.7. The number of para-hydroxylation sites is 1. The zero-order valence-electron chi connectivity index (χ0n) is 26.1. The Labute approximate surface area is 264 Å². The van der Waals surface area contributed by atoms with Gasteiger partial charge in [0, 0.05) is 61.4 Å². The van der Waals surface area contributed by atoms with Crippen LogP contribution in [-0.4, -0.2) is 70.7 Å². The number of ether oxygens (including phenoxy) is 1. The molecule has 8 nitrogen and oxygen atoms in total. The van der Waals surface area contributed by atoms with Gasteiger partial charge in [0.2, 0.25) is 5.91 Å². The molecule has 1 aliphatic carbocycles. The molecule has 3 aromatic rings. The van der Waals surface area contributed by atoms with Crippen LogP contribution in [0.25, 0.3) is 10.9 Å². The summed E-state index contributed by atoms with van der Waals surface area (Å²) < 4.78 is 7.77. The molecule has 44 heavy (non-hydrogen) atoms. The van der Waals surface area contributed by atoms with Gasteiger partial charge < -0.3 is 24.2 Å². The fraction of sp³-hybridized carbons (Fsp3) is 0.514.